The van der Waals surface area contributed by atoms with Gasteiger partial charge in [-0.05, 0) is 24.6 Å². The zero-order valence-corrected chi connectivity index (χ0v) is 11.1. The molecule has 0 unspecified atom stereocenters. The van der Waals surface area contributed by atoms with Gasteiger partial charge in [-0.25, -0.2) is 0 Å². The van der Waals surface area contributed by atoms with E-state index in [-0.39, 0.29) is 5.56 Å². The number of aryl methyl sites for hydroxylation is 1. The first kappa shape index (κ1) is 12.4. The molecule has 0 amide bonds. The second-order valence-corrected chi connectivity index (χ2v) is 4.74. The number of aromatic amines is 1. The van der Waals surface area contributed by atoms with Crippen LogP contribution in [0.2, 0.25) is 0 Å². The average molecular weight is 262 g/mol. The predicted octanol–water partition coefficient (Wildman–Crippen LogP) is 3.41. The maximum Gasteiger partial charge on any atom is 0.255 e. The molecule has 0 radical (unpaired) electrons. The first-order valence-electron chi connectivity index (χ1n) is 6.44. The van der Waals surface area contributed by atoms with Gasteiger partial charge < -0.3 is 4.98 Å². The van der Waals surface area contributed by atoms with Gasteiger partial charge in [-0.2, -0.15) is 0 Å². The van der Waals surface area contributed by atoms with Crippen molar-refractivity contribution in [1.82, 2.24) is 9.97 Å². The molecule has 20 heavy (non-hydrogen) atoms. The highest BCUT2D eigenvalue weighted by atomic mass is 16.1. The maximum atomic E-state index is 12.0. The van der Waals surface area contributed by atoms with Crippen LogP contribution in [0, 0.1) is 6.92 Å². The van der Waals surface area contributed by atoms with E-state index in [0.29, 0.717) is 5.56 Å². The highest BCUT2D eigenvalue weighted by molar-refractivity contribution is 5.71. The Morgan fingerprint density at radius 3 is 2.50 bits per heavy atom. The van der Waals surface area contributed by atoms with Crippen LogP contribution in [0.15, 0.2) is 65.8 Å². The topological polar surface area (TPSA) is 45.8 Å². The van der Waals surface area contributed by atoms with Crippen LogP contribution in [-0.2, 0) is 0 Å². The van der Waals surface area contributed by atoms with Gasteiger partial charge in [-0.15, -0.1) is 0 Å². The van der Waals surface area contributed by atoms with Gasteiger partial charge in [0.2, 0.25) is 0 Å². The van der Waals surface area contributed by atoms with Gasteiger partial charge in [0, 0.05) is 35.3 Å². The fraction of sp³-hybridized carbons (Fsp3) is 0.0588. The minimum Gasteiger partial charge on any atom is -0.328 e. The largest absolute Gasteiger partial charge is 0.328 e. The lowest BCUT2D eigenvalue weighted by molar-refractivity contribution is 1.23. The monoisotopic (exact) mass is 262 g/mol. The molecule has 0 fully saturated rings. The molecule has 0 atom stereocenters. The molecule has 3 heteroatoms. The van der Waals surface area contributed by atoms with Crippen molar-refractivity contribution in [3.8, 4) is 22.3 Å². The Morgan fingerprint density at radius 2 is 1.80 bits per heavy atom. The molecule has 0 bridgehead atoms. The van der Waals surface area contributed by atoms with Crippen molar-refractivity contribution in [2.45, 2.75) is 6.92 Å². The van der Waals surface area contributed by atoms with Crippen LogP contribution in [0.4, 0.5) is 0 Å². The van der Waals surface area contributed by atoms with Gasteiger partial charge in [-0.1, -0.05) is 35.9 Å². The lowest BCUT2D eigenvalue weighted by atomic mass is 10.0. The second kappa shape index (κ2) is 5.13. The Balaban J connectivity index is 2.12. The van der Waals surface area contributed by atoms with Crippen molar-refractivity contribution in [2.24, 2.45) is 0 Å². The van der Waals surface area contributed by atoms with Crippen molar-refractivity contribution >= 4 is 0 Å². The third-order valence-corrected chi connectivity index (χ3v) is 3.26. The van der Waals surface area contributed by atoms with Gasteiger partial charge in [0.1, 0.15) is 0 Å². The summed E-state index contributed by atoms with van der Waals surface area (Å²) >= 11 is 0. The lowest BCUT2D eigenvalue weighted by Gasteiger charge is -2.05. The summed E-state index contributed by atoms with van der Waals surface area (Å²) in [4.78, 5) is 18.9. The number of hydrogen-bond donors (Lipinski definition) is 1. The molecule has 98 valence electrons. The number of rotatable bonds is 2. The van der Waals surface area contributed by atoms with Crippen molar-refractivity contribution in [1.29, 1.82) is 0 Å². The van der Waals surface area contributed by atoms with Gasteiger partial charge in [0.25, 0.3) is 5.56 Å². The standard InChI is InChI=1S/C17H14N2O/c1-12-4-6-13(7-5-12)16-9-15(11-19-17(16)20)14-3-2-8-18-10-14/h2-11H,1H3,(H,19,20). The first-order valence-corrected chi connectivity index (χ1v) is 6.44. The Kier molecular flexibility index (Phi) is 3.17. The minimum atomic E-state index is -0.0820. The highest BCUT2D eigenvalue weighted by Gasteiger charge is 2.06. The number of nitrogens with zero attached hydrogens (tertiary/aromatic N) is 1. The second-order valence-electron chi connectivity index (χ2n) is 4.74. The average Bonchev–Trinajstić information content (AvgIpc) is 2.50. The van der Waals surface area contributed by atoms with Crippen LogP contribution in [0.25, 0.3) is 22.3 Å². The highest BCUT2D eigenvalue weighted by Crippen LogP contribution is 2.22. The van der Waals surface area contributed by atoms with Crippen LogP contribution in [0.1, 0.15) is 5.56 Å². The molecule has 0 aliphatic heterocycles. The molecule has 3 nitrogen and oxygen atoms in total. The first-order chi connectivity index (χ1) is 9.74. The summed E-state index contributed by atoms with van der Waals surface area (Å²) < 4.78 is 0. The summed E-state index contributed by atoms with van der Waals surface area (Å²) in [5.74, 6) is 0. The van der Waals surface area contributed by atoms with E-state index < -0.39 is 0 Å². The summed E-state index contributed by atoms with van der Waals surface area (Å²) in [5, 5.41) is 0. The fourth-order valence-corrected chi connectivity index (χ4v) is 2.13. The summed E-state index contributed by atoms with van der Waals surface area (Å²) in [5.41, 5.74) is 4.62. The van der Waals surface area contributed by atoms with Crippen molar-refractivity contribution < 1.29 is 0 Å². The number of benzene rings is 1. The van der Waals surface area contributed by atoms with E-state index >= 15 is 0 Å². The molecule has 0 spiro atoms. The molecule has 1 N–H and O–H groups in total. The molecule has 2 heterocycles. The van der Waals surface area contributed by atoms with E-state index in [0.717, 1.165) is 16.7 Å². The van der Waals surface area contributed by atoms with Crippen LogP contribution in [-0.4, -0.2) is 9.97 Å². The quantitative estimate of drug-likeness (QED) is 0.769. The fourth-order valence-electron chi connectivity index (χ4n) is 2.13. The van der Waals surface area contributed by atoms with E-state index in [2.05, 4.69) is 9.97 Å². The molecule has 3 rings (SSSR count). The third kappa shape index (κ3) is 2.38. The summed E-state index contributed by atoms with van der Waals surface area (Å²) in [6.07, 6.45) is 5.24. The van der Waals surface area contributed by atoms with Gasteiger partial charge >= 0.3 is 0 Å². The van der Waals surface area contributed by atoms with Crippen molar-refractivity contribution in [3.05, 3.63) is 77.0 Å². The van der Waals surface area contributed by atoms with Crippen LogP contribution >= 0.6 is 0 Å². The molecule has 1 aromatic carbocycles. The van der Waals surface area contributed by atoms with E-state index in [4.69, 9.17) is 0 Å². The normalized spacial score (nSPS) is 10.4. The van der Waals surface area contributed by atoms with Crippen LogP contribution in [0.3, 0.4) is 0 Å². The van der Waals surface area contributed by atoms with E-state index in [1.54, 1.807) is 18.6 Å². The number of H-pyrrole nitrogens is 1. The third-order valence-electron chi connectivity index (χ3n) is 3.26. The Bertz CT molecular complexity index is 774. The molecule has 0 aliphatic carbocycles. The maximum absolute atomic E-state index is 12.0. The molecular formula is C17H14N2O. The molecule has 0 saturated carbocycles. The number of nitrogens with one attached hydrogen (secondary N) is 1. The van der Waals surface area contributed by atoms with E-state index in [1.165, 1.54) is 5.56 Å². The Morgan fingerprint density at radius 1 is 1.00 bits per heavy atom. The predicted molar refractivity (Wildman–Crippen MR) is 80.5 cm³/mol. The SMILES string of the molecule is Cc1ccc(-c2cc(-c3cccnc3)c[nH]c2=O)cc1. The molecule has 0 aliphatic rings. The zero-order chi connectivity index (χ0) is 13.9. The molecular weight excluding hydrogens is 248 g/mol. The molecule has 2 aromatic heterocycles. The van der Waals surface area contributed by atoms with Gasteiger partial charge in [-0.3, -0.25) is 9.78 Å². The summed E-state index contributed by atoms with van der Waals surface area (Å²) in [6.45, 7) is 2.03. The van der Waals surface area contributed by atoms with Crippen LogP contribution in [0.5, 0.6) is 0 Å². The van der Waals surface area contributed by atoms with E-state index in [1.807, 2.05) is 49.4 Å². The van der Waals surface area contributed by atoms with Crippen molar-refractivity contribution in [2.75, 3.05) is 0 Å². The molecule has 3 aromatic rings. The lowest BCUT2D eigenvalue weighted by Crippen LogP contribution is -2.08. The van der Waals surface area contributed by atoms with Crippen molar-refractivity contribution in [3.63, 3.8) is 0 Å². The Labute approximate surface area is 117 Å². The zero-order valence-electron chi connectivity index (χ0n) is 11.1. The number of hydrogen-bond acceptors (Lipinski definition) is 2. The Hall–Kier alpha value is -2.68. The van der Waals surface area contributed by atoms with Crippen LogP contribution < -0.4 is 5.56 Å². The number of aromatic nitrogens is 2. The number of pyridine rings is 2. The smallest absolute Gasteiger partial charge is 0.255 e. The summed E-state index contributed by atoms with van der Waals surface area (Å²) in [7, 11) is 0. The van der Waals surface area contributed by atoms with Gasteiger partial charge in [0.15, 0.2) is 0 Å². The van der Waals surface area contributed by atoms with Gasteiger partial charge in [0.05, 0.1) is 0 Å². The van der Waals surface area contributed by atoms with E-state index in [9.17, 15) is 4.79 Å². The minimum absolute atomic E-state index is 0.0820. The summed E-state index contributed by atoms with van der Waals surface area (Å²) in [6, 6.07) is 13.7. The molecule has 0 saturated heterocycles.